The molecule has 0 spiro atoms. The van der Waals surface area contributed by atoms with E-state index in [1.165, 1.54) is 0 Å². The van der Waals surface area contributed by atoms with E-state index in [1.54, 1.807) is 0 Å². The van der Waals surface area contributed by atoms with Crippen LogP contribution in [0.2, 0.25) is 0 Å². The van der Waals surface area contributed by atoms with Crippen molar-refractivity contribution in [2.75, 3.05) is 0 Å². The first kappa shape index (κ1) is 10.2. The lowest BCUT2D eigenvalue weighted by Gasteiger charge is -2.25. The van der Waals surface area contributed by atoms with Crippen LogP contribution >= 0.6 is 0 Å². The molecule has 0 aromatic rings. The van der Waals surface area contributed by atoms with Crippen LogP contribution in [0, 0.1) is 5.41 Å². The van der Waals surface area contributed by atoms with E-state index in [9.17, 15) is 5.11 Å². The summed E-state index contributed by atoms with van der Waals surface area (Å²) in [5.41, 5.74) is 0.798. The van der Waals surface area contributed by atoms with Crippen LogP contribution in [0.5, 0.6) is 0 Å². The van der Waals surface area contributed by atoms with Gasteiger partial charge >= 0.3 is 0 Å². The highest BCUT2D eigenvalue weighted by atomic mass is 16.3. The fourth-order valence-corrected chi connectivity index (χ4v) is 1.35. The van der Waals surface area contributed by atoms with Crippen molar-refractivity contribution in [3.05, 3.63) is 23.9 Å². The van der Waals surface area contributed by atoms with Gasteiger partial charge in [-0.3, -0.25) is 4.99 Å². The molecule has 0 fully saturated rings. The molecule has 1 aliphatic rings. The first-order valence-corrected chi connectivity index (χ1v) is 4.67. The molecule has 0 bridgehead atoms. The maximum Gasteiger partial charge on any atom is 0.0675 e. The molecular formula is C11H17NO. The van der Waals surface area contributed by atoms with E-state index in [0.29, 0.717) is 0 Å². The summed E-state index contributed by atoms with van der Waals surface area (Å²) in [5.74, 6) is 0. The smallest absolute Gasteiger partial charge is 0.0675 e. The van der Waals surface area contributed by atoms with Gasteiger partial charge in [0.25, 0.3) is 0 Å². The standard InChI is InChI=1S/C11H17NO/c1-4-10(13)11(3)6-5-9(2)7-12-8-11/h5-8,10,13H,4H2,1-3H3/t10?,11-/m0/s1. The van der Waals surface area contributed by atoms with Crippen LogP contribution in [0.1, 0.15) is 27.2 Å². The number of nitrogens with zero attached hydrogens (tertiary/aromatic N) is 1. The van der Waals surface area contributed by atoms with Crippen LogP contribution in [0.3, 0.4) is 0 Å². The second kappa shape index (κ2) is 3.88. The molecule has 1 aliphatic heterocycles. The molecular weight excluding hydrogens is 162 g/mol. The topological polar surface area (TPSA) is 32.6 Å². The molecule has 0 saturated heterocycles. The van der Waals surface area contributed by atoms with Crippen molar-refractivity contribution in [1.82, 2.24) is 0 Å². The largest absolute Gasteiger partial charge is 0.392 e. The van der Waals surface area contributed by atoms with E-state index >= 15 is 0 Å². The second-order valence-electron chi connectivity index (χ2n) is 3.77. The number of aliphatic hydroxyl groups is 1. The Bertz CT molecular complexity index is 265. The molecule has 1 unspecified atom stereocenters. The molecule has 1 heterocycles. The first-order valence-electron chi connectivity index (χ1n) is 4.67. The zero-order valence-corrected chi connectivity index (χ0v) is 8.49. The molecule has 2 heteroatoms. The fraction of sp³-hybridized carbons (Fsp3) is 0.545. The number of hydrogen-bond acceptors (Lipinski definition) is 2. The number of rotatable bonds is 2. The quantitative estimate of drug-likeness (QED) is 0.693. The summed E-state index contributed by atoms with van der Waals surface area (Å²) in [4.78, 5) is 4.16. The zero-order valence-electron chi connectivity index (χ0n) is 8.49. The lowest BCUT2D eigenvalue weighted by Crippen LogP contribution is -2.31. The van der Waals surface area contributed by atoms with Crippen LogP contribution < -0.4 is 0 Å². The highest BCUT2D eigenvalue weighted by Gasteiger charge is 2.27. The summed E-state index contributed by atoms with van der Waals surface area (Å²) < 4.78 is 0. The van der Waals surface area contributed by atoms with Crippen molar-refractivity contribution in [3.63, 3.8) is 0 Å². The third-order valence-corrected chi connectivity index (χ3v) is 2.44. The van der Waals surface area contributed by atoms with Crippen molar-refractivity contribution in [3.8, 4) is 0 Å². The van der Waals surface area contributed by atoms with Crippen molar-refractivity contribution >= 4 is 6.21 Å². The maximum atomic E-state index is 9.79. The molecule has 13 heavy (non-hydrogen) atoms. The van der Waals surface area contributed by atoms with Gasteiger partial charge in [0, 0.05) is 17.8 Å². The van der Waals surface area contributed by atoms with Gasteiger partial charge < -0.3 is 5.11 Å². The van der Waals surface area contributed by atoms with E-state index in [4.69, 9.17) is 0 Å². The summed E-state index contributed by atoms with van der Waals surface area (Å²) in [6, 6.07) is 0. The summed E-state index contributed by atoms with van der Waals surface area (Å²) in [6.45, 7) is 5.97. The second-order valence-corrected chi connectivity index (χ2v) is 3.77. The first-order chi connectivity index (χ1) is 6.08. The summed E-state index contributed by atoms with van der Waals surface area (Å²) >= 11 is 0. The van der Waals surface area contributed by atoms with Crippen LogP contribution in [0.25, 0.3) is 0 Å². The Morgan fingerprint density at radius 2 is 2.31 bits per heavy atom. The molecule has 1 N–H and O–H groups in total. The lowest BCUT2D eigenvalue weighted by molar-refractivity contribution is 0.108. The Morgan fingerprint density at radius 3 is 2.92 bits per heavy atom. The Labute approximate surface area is 79.7 Å². The van der Waals surface area contributed by atoms with Gasteiger partial charge in [0.2, 0.25) is 0 Å². The van der Waals surface area contributed by atoms with Crippen molar-refractivity contribution in [2.45, 2.75) is 33.3 Å². The summed E-state index contributed by atoms with van der Waals surface area (Å²) in [7, 11) is 0. The SMILES string of the molecule is CCC(O)[C@@]1(C)C=CC(C)=CN=C1. The average Bonchev–Trinajstić information content (AvgIpc) is 2.28. The number of aliphatic imine (C=N–C) groups is 1. The molecule has 1 rings (SSSR count). The molecule has 0 amide bonds. The summed E-state index contributed by atoms with van der Waals surface area (Å²) in [6.07, 6.45) is 8.03. The van der Waals surface area contributed by atoms with Crippen LogP contribution in [-0.2, 0) is 0 Å². The van der Waals surface area contributed by atoms with E-state index < -0.39 is 0 Å². The van der Waals surface area contributed by atoms with Crippen LogP contribution in [-0.4, -0.2) is 17.4 Å². The highest BCUT2D eigenvalue weighted by Crippen LogP contribution is 2.25. The van der Waals surface area contributed by atoms with E-state index in [-0.39, 0.29) is 11.5 Å². The van der Waals surface area contributed by atoms with Crippen LogP contribution in [0.15, 0.2) is 28.9 Å². The van der Waals surface area contributed by atoms with Gasteiger partial charge in [0.05, 0.1) is 6.10 Å². The Balaban J connectivity index is 2.89. The van der Waals surface area contributed by atoms with E-state index in [2.05, 4.69) is 4.99 Å². The average molecular weight is 179 g/mol. The van der Waals surface area contributed by atoms with Crippen molar-refractivity contribution in [2.24, 2.45) is 10.4 Å². The Kier molecular flexibility index (Phi) is 3.04. The lowest BCUT2D eigenvalue weighted by atomic mass is 9.83. The number of allylic oxidation sites excluding steroid dienone is 2. The molecule has 0 aromatic carbocycles. The molecule has 0 aliphatic carbocycles. The van der Waals surface area contributed by atoms with Gasteiger partial charge in [-0.05, 0) is 25.8 Å². The number of hydrogen-bond donors (Lipinski definition) is 1. The van der Waals surface area contributed by atoms with Crippen LogP contribution in [0.4, 0.5) is 0 Å². The van der Waals surface area contributed by atoms with Crippen molar-refractivity contribution < 1.29 is 5.11 Å². The Morgan fingerprint density at radius 1 is 1.62 bits per heavy atom. The molecule has 2 nitrogen and oxygen atoms in total. The van der Waals surface area contributed by atoms with Gasteiger partial charge in [0.15, 0.2) is 0 Å². The minimum atomic E-state index is -0.355. The summed E-state index contributed by atoms with van der Waals surface area (Å²) in [5, 5.41) is 9.79. The van der Waals surface area contributed by atoms with Gasteiger partial charge in [0.1, 0.15) is 0 Å². The Hall–Kier alpha value is -0.890. The van der Waals surface area contributed by atoms with Gasteiger partial charge in [-0.1, -0.05) is 19.1 Å². The van der Waals surface area contributed by atoms with Gasteiger partial charge in [-0.2, -0.15) is 0 Å². The molecule has 0 saturated carbocycles. The highest BCUT2D eigenvalue weighted by molar-refractivity contribution is 5.70. The van der Waals surface area contributed by atoms with E-state index in [1.807, 2.05) is 45.3 Å². The fourth-order valence-electron chi connectivity index (χ4n) is 1.35. The van der Waals surface area contributed by atoms with Gasteiger partial charge in [-0.25, -0.2) is 0 Å². The molecule has 2 atom stereocenters. The normalized spacial score (nSPS) is 29.7. The molecule has 0 radical (unpaired) electrons. The third kappa shape index (κ3) is 2.28. The number of aliphatic hydroxyl groups excluding tert-OH is 1. The minimum absolute atomic E-state index is 0.316. The minimum Gasteiger partial charge on any atom is -0.392 e. The van der Waals surface area contributed by atoms with Gasteiger partial charge in [-0.15, -0.1) is 0 Å². The predicted octanol–water partition coefficient (Wildman–Crippen LogP) is 2.31. The zero-order chi connectivity index (χ0) is 9.90. The molecule has 72 valence electrons. The maximum absolute atomic E-state index is 9.79. The monoisotopic (exact) mass is 179 g/mol. The predicted molar refractivity (Wildman–Crippen MR) is 55.8 cm³/mol. The van der Waals surface area contributed by atoms with E-state index in [0.717, 1.165) is 12.0 Å². The van der Waals surface area contributed by atoms with Crippen molar-refractivity contribution in [1.29, 1.82) is 0 Å². The third-order valence-electron chi connectivity index (χ3n) is 2.44. The molecule has 0 aromatic heterocycles.